The van der Waals surface area contributed by atoms with Gasteiger partial charge in [-0.3, -0.25) is 4.90 Å². The summed E-state index contributed by atoms with van der Waals surface area (Å²) < 4.78 is 21.7. The number of nitrogens with one attached hydrogen (secondary N) is 2. The molecule has 1 aromatic heterocycles. The average Bonchev–Trinajstić information content (AvgIpc) is 3.02. The molecule has 0 spiro atoms. The van der Waals surface area contributed by atoms with Gasteiger partial charge in [0.15, 0.2) is 0 Å². The Morgan fingerprint density at radius 2 is 2.13 bits per heavy atom. The Morgan fingerprint density at radius 1 is 1.30 bits per heavy atom. The van der Waals surface area contributed by atoms with Crippen LogP contribution in [0.2, 0.25) is 0 Å². The van der Waals surface area contributed by atoms with Crippen LogP contribution >= 0.6 is 0 Å². The van der Waals surface area contributed by atoms with Gasteiger partial charge in [-0.15, -0.1) is 0 Å². The molecule has 0 aromatic carbocycles. The van der Waals surface area contributed by atoms with Gasteiger partial charge in [0.2, 0.25) is 5.95 Å². The Hall–Kier alpha value is -2.41. The SMILES string of the molecule is CNc1cc(C)nc(NC2[CH]C3=C(OCC3)C(C3=CCN(C(C)C)CCC3)=C2F)n1.[HH].[HH]. The van der Waals surface area contributed by atoms with E-state index in [9.17, 15) is 0 Å². The van der Waals surface area contributed by atoms with Gasteiger partial charge >= 0.3 is 0 Å². The van der Waals surface area contributed by atoms with Crippen LogP contribution < -0.4 is 10.6 Å². The molecular formula is C23H35FN5O. The summed E-state index contributed by atoms with van der Waals surface area (Å²) in [5.41, 5.74) is 3.57. The molecule has 3 heterocycles. The summed E-state index contributed by atoms with van der Waals surface area (Å²) >= 11 is 0. The Morgan fingerprint density at radius 3 is 2.90 bits per heavy atom. The van der Waals surface area contributed by atoms with Crippen molar-refractivity contribution < 1.29 is 12.0 Å². The lowest BCUT2D eigenvalue weighted by Crippen LogP contribution is -2.31. The fourth-order valence-corrected chi connectivity index (χ4v) is 4.29. The monoisotopic (exact) mass is 416 g/mol. The van der Waals surface area contributed by atoms with Crippen molar-refractivity contribution in [2.75, 3.05) is 37.4 Å². The summed E-state index contributed by atoms with van der Waals surface area (Å²) in [6, 6.07) is 1.73. The number of rotatable bonds is 5. The average molecular weight is 417 g/mol. The molecule has 1 aromatic rings. The molecule has 0 saturated carbocycles. The molecule has 7 heteroatoms. The molecule has 0 fully saturated rings. The second-order valence-electron chi connectivity index (χ2n) is 8.35. The van der Waals surface area contributed by atoms with E-state index in [1.54, 1.807) is 0 Å². The van der Waals surface area contributed by atoms with E-state index in [1.807, 2.05) is 26.5 Å². The molecule has 165 valence electrons. The van der Waals surface area contributed by atoms with Crippen LogP contribution in [0, 0.1) is 13.3 Å². The molecule has 2 N–H and O–H groups in total. The largest absolute Gasteiger partial charge is 0.493 e. The first-order valence-corrected chi connectivity index (χ1v) is 10.8. The molecule has 0 saturated heterocycles. The lowest BCUT2D eigenvalue weighted by molar-refractivity contribution is 0.248. The van der Waals surface area contributed by atoms with E-state index in [0.29, 0.717) is 30.0 Å². The summed E-state index contributed by atoms with van der Waals surface area (Å²) in [5, 5.41) is 6.22. The van der Waals surface area contributed by atoms with Gasteiger partial charge in [-0.25, -0.2) is 9.37 Å². The van der Waals surface area contributed by atoms with Crippen molar-refractivity contribution in [3.05, 3.63) is 52.6 Å². The van der Waals surface area contributed by atoms with Crippen molar-refractivity contribution in [1.82, 2.24) is 14.9 Å². The zero-order chi connectivity index (χ0) is 21.3. The molecule has 6 nitrogen and oxygen atoms in total. The van der Waals surface area contributed by atoms with Crippen LogP contribution in [0.5, 0.6) is 0 Å². The topological polar surface area (TPSA) is 62.3 Å². The minimum atomic E-state index is -0.600. The highest BCUT2D eigenvalue weighted by Gasteiger charge is 2.36. The highest BCUT2D eigenvalue weighted by atomic mass is 19.1. The molecule has 0 bridgehead atoms. The van der Waals surface area contributed by atoms with Gasteiger partial charge in [0.05, 0.1) is 18.2 Å². The van der Waals surface area contributed by atoms with E-state index in [4.69, 9.17) is 4.74 Å². The number of aryl methyl sites for hydroxylation is 1. The third-order valence-electron chi connectivity index (χ3n) is 5.93. The lowest BCUT2D eigenvalue weighted by atomic mass is 9.87. The Kier molecular flexibility index (Phi) is 6.09. The molecule has 4 rings (SSSR count). The molecule has 3 aliphatic rings. The Bertz CT molecular complexity index is 916. The summed E-state index contributed by atoms with van der Waals surface area (Å²) in [7, 11) is 1.81. The van der Waals surface area contributed by atoms with Crippen molar-refractivity contribution in [2.24, 2.45) is 0 Å². The second kappa shape index (κ2) is 8.76. The van der Waals surface area contributed by atoms with Crippen LogP contribution in [0.4, 0.5) is 16.2 Å². The predicted octanol–water partition coefficient (Wildman–Crippen LogP) is 4.65. The Labute approximate surface area is 181 Å². The fraction of sp³-hybridized carbons (Fsp3) is 0.522. The molecular weight excluding hydrogens is 381 g/mol. The highest BCUT2D eigenvalue weighted by Crippen LogP contribution is 2.42. The number of hydrogen-bond acceptors (Lipinski definition) is 6. The van der Waals surface area contributed by atoms with Gasteiger partial charge in [0, 0.05) is 47.1 Å². The first-order valence-electron chi connectivity index (χ1n) is 10.8. The van der Waals surface area contributed by atoms with Crippen molar-refractivity contribution in [2.45, 2.75) is 52.1 Å². The van der Waals surface area contributed by atoms with E-state index < -0.39 is 6.04 Å². The van der Waals surface area contributed by atoms with Crippen molar-refractivity contribution in [3.63, 3.8) is 0 Å². The van der Waals surface area contributed by atoms with Crippen LogP contribution in [0.1, 0.15) is 41.7 Å². The second-order valence-corrected chi connectivity index (χ2v) is 8.35. The smallest absolute Gasteiger partial charge is 0.225 e. The molecule has 2 aliphatic heterocycles. The minimum absolute atomic E-state index is 0. The maximum absolute atomic E-state index is 15.8. The first kappa shape index (κ1) is 20.8. The summed E-state index contributed by atoms with van der Waals surface area (Å²) in [5.74, 6) is 1.63. The molecule has 30 heavy (non-hydrogen) atoms. The molecule has 1 unspecified atom stereocenters. The zero-order valence-electron chi connectivity index (χ0n) is 18.3. The van der Waals surface area contributed by atoms with Crippen LogP contribution in [0.15, 0.2) is 40.4 Å². The standard InChI is InChI=1S/C23H31FN5O.2H2/c1-14(2)29-9-5-6-16(7-10-29)20-21(24)18(13-17-8-11-30-22(17)20)27-23-26-15(3)12-19(25-4)28-23;;/h7,12-14,18H,5-6,8-11H2,1-4H3,(H2,25,26,27,28);2*1H. The van der Waals surface area contributed by atoms with Crippen molar-refractivity contribution >= 4 is 11.8 Å². The van der Waals surface area contributed by atoms with Gasteiger partial charge in [0.25, 0.3) is 0 Å². The van der Waals surface area contributed by atoms with E-state index in [1.165, 1.54) is 0 Å². The van der Waals surface area contributed by atoms with Crippen molar-refractivity contribution in [3.8, 4) is 0 Å². The van der Waals surface area contributed by atoms with Gasteiger partial charge in [-0.05, 0) is 51.3 Å². The van der Waals surface area contributed by atoms with Gasteiger partial charge in [-0.1, -0.05) is 6.08 Å². The number of halogens is 1. The number of ether oxygens (including phenoxy) is 1. The van der Waals surface area contributed by atoms with E-state index >= 15 is 4.39 Å². The number of hydrogen-bond donors (Lipinski definition) is 2. The summed E-state index contributed by atoms with van der Waals surface area (Å²) in [4.78, 5) is 11.3. The van der Waals surface area contributed by atoms with Crippen LogP contribution in [-0.4, -0.2) is 53.7 Å². The van der Waals surface area contributed by atoms with Crippen LogP contribution in [0.3, 0.4) is 0 Å². The molecule has 1 aliphatic carbocycles. The molecule has 0 amide bonds. The molecule has 1 atom stereocenters. The summed E-state index contributed by atoms with van der Waals surface area (Å²) in [6.45, 7) is 8.77. The van der Waals surface area contributed by atoms with E-state index in [2.05, 4.69) is 45.4 Å². The zero-order valence-corrected chi connectivity index (χ0v) is 18.3. The Balaban J connectivity index is 0.00000181. The molecule has 1 radical (unpaired) electrons. The van der Waals surface area contributed by atoms with Gasteiger partial charge in [-0.2, -0.15) is 4.98 Å². The predicted molar refractivity (Wildman–Crippen MR) is 122 cm³/mol. The van der Waals surface area contributed by atoms with Crippen molar-refractivity contribution in [1.29, 1.82) is 0 Å². The van der Waals surface area contributed by atoms with Crippen LogP contribution in [-0.2, 0) is 4.74 Å². The maximum Gasteiger partial charge on any atom is 0.225 e. The fourth-order valence-electron chi connectivity index (χ4n) is 4.29. The van der Waals surface area contributed by atoms with Gasteiger partial charge in [0.1, 0.15) is 17.4 Å². The van der Waals surface area contributed by atoms with E-state index in [-0.39, 0.29) is 8.68 Å². The lowest BCUT2D eigenvalue weighted by Gasteiger charge is -2.26. The quantitative estimate of drug-likeness (QED) is 0.729. The highest BCUT2D eigenvalue weighted by molar-refractivity contribution is 5.58. The maximum atomic E-state index is 15.8. The number of aromatic nitrogens is 2. The minimum Gasteiger partial charge on any atom is -0.493 e. The summed E-state index contributed by atoms with van der Waals surface area (Å²) in [6.07, 6.45) is 6.76. The normalized spacial score (nSPS) is 22.6. The number of allylic oxidation sites excluding steroid dienone is 1. The van der Waals surface area contributed by atoms with E-state index in [0.717, 1.165) is 55.0 Å². The van der Waals surface area contributed by atoms with Gasteiger partial charge < -0.3 is 15.4 Å². The van der Waals surface area contributed by atoms with Crippen LogP contribution in [0.25, 0.3) is 0 Å². The first-order chi connectivity index (χ1) is 14.5. The number of anilines is 2. The number of nitrogens with zero attached hydrogens (tertiary/aromatic N) is 3. The third-order valence-corrected chi connectivity index (χ3v) is 5.93. The third kappa shape index (κ3) is 4.21.